The van der Waals surface area contributed by atoms with Crippen LogP contribution in [0, 0.1) is 11.6 Å². The molecule has 2 aromatic carbocycles. The molecular formula is C19H21F2NO2. The van der Waals surface area contributed by atoms with E-state index in [1.54, 1.807) is 24.3 Å². The fraction of sp³-hybridized carbons (Fsp3) is 0.316. The fourth-order valence-electron chi connectivity index (χ4n) is 2.28. The van der Waals surface area contributed by atoms with E-state index >= 15 is 0 Å². The molecule has 0 unspecified atom stereocenters. The first-order valence-electron chi connectivity index (χ1n) is 8.03. The van der Waals surface area contributed by atoms with E-state index in [-0.39, 0.29) is 17.5 Å². The highest BCUT2D eigenvalue weighted by Crippen LogP contribution is 2.18. The van der Waals surface area contributed by atoms with Crippen molar-refractivity contribution in [3.05, 3.63) is 65.7 Å². The Morgan fingerprint density at radius 1 is 1.12 bits per heavy atom. The van der Waals surface area contributed by atoms with E-state index in [1.165, 1.54) is 24.3 Å². The van der Waals surface area contributed by atoms with Crippen molar-refractivity contribution in [1.82, 2.24) is 5.32 Å². The maximum absolute atomic E-state index is 13.6. The van der Waals surface area contributed by atoms with E-state index in [2.05, 4.69) is 5.32 Å². The van der Waals surface area contributed by atoms with Gasteiger partial charge in [-0.15, -0.1) is 0 Å². The third-order valence-electron chi connectivity index (χ3n) is 3.62. The zero-order valence-electron chi connectivity index (χ0n) is 13.6. The second-order valence-electron chi connectivity index (χ2n) is 5.47. The molecule has 0 bridgehead atoms. The van der Waals surface area contributed by atoms with Gasteiger partial charge in [0.2, 0.25) is 0 Å². The van der Waals surface area contributed by atoms with Crippen LogP contribution in [0.5, 0.6) is 5.75 Å². The quantitative estimate of drug-likeness (QED) is 0.745. The topological polar surface area (TPSA) is 38.3 Å². The molecule has 0 aliphatic rings. The first-order valence-corrected chi connectivity index (χ1v) is 8.03. The van der Waals surface area contributed by atoms with Crippen molar-refractivity contribution >= 4 is 5.91 Å². The van der Waals surface area contributed by atoms with Crippen LogP contribution in [0.2, 0.25) is 0 Å². The molecule has 2 rings (SSSR count). The summed E-state index contributed by atoms with van der Waals surface area (Å²) >= 11 is 0. The molecule has 128 valence electrons. The number of para-hydroxylation sites is 1. The summed E-state index contributed by atoms with van der Waals surface area (Å²) < 4.78 is 31.9. The molecule has 2 aromatic rings. The number of hydrogen-bond donors (Lipinski definition) is 1. The van der Waals surface area contributed by atoms with Crippen LogP contribution in [0.15, 0.2) is 48.5 Å². The number of aryl methyl sites for hydroxylation is 1. The van der Waals surface area contributed by atoms with E-state index in [4.69, 9.17) is 4.74 Å². The number of rotatable bonds is 8. The van der Waals surface area contributed by atoms with Crippen LogP contribution in [0.1, 0.15) is 25.3 Å². The third-order valence-corrected chi connectivity index (χ3v) is 3.62. The van der Waals surface area contributed by atoms with Crippen LogP contribution in [-0.4, -0.2) is 18.6 Å². The molecule has 0 aromatic heterocycles. The lowest BCUT2D eigenvalue weighted by atomic mass is 10.1. The number of amides is 1. The van der Waals surface area contributed by atoms with Gasteiger partial charge in [0.05, 0.1) is 0 Å². The number of nitrogens with one attached hydrogen (secondary N) is 1. The smallest absolute Gasteiger partial charge is 0.261 e. The maximum Gasteiger partial charge on any atom is 0.261 e. The van der Waals surface area contributed by atoms with E-state index in [0.717, 1.165) is 18.4 Å². The zero-order valence-corrected chi connectivity index (χ0v) is 13.6. The predicted octanol–water partition coefficient (Wildman–Crippen LogP) is 3.87. The van der Waals surface area contributed by atoms with Gasteiger partial charge in [-0.25, -0.2) is 8.78 Å². The number of hydrogen-bond acceptors (Lipinski definition) is 2. The summed E-state index contributed by atoms with van der Waals surface area (Å²) in [5, 5.41) is 2.79. The van der Waals surface area contributed by atoms with Gasteiger partial charge < -0.3 is 10.1 Å². The molecule has 0 aliphatic carbocycles. The van der Waals surface area contributed by atoms with E-state index < -0.39 is 11.9 Å². The lowest BCUT2D eigenvalue weighted by molar-refractivity contribution is -0.128. The molecule has 5 heteroatoms. The fourth-order valence-corrected chi connectivity index (χ4v) is 2.28. The van der Waals surface area contributed by atoms with E-state index in [9.17, 15) is 13.6 Å². The molecule has 1 atom stereocenters. The summed E-state index contributed by atoms with van der Waals surface area (Å²) in [7, 11) is 0. The molecule has 24 heavy (non-hydrogen) atoms. The minimum atomic E-state index is -0.729. The lowest BCUT2D eigenvalue weighted by Crippen LogP contribution is -2.38. The third kappa shape index (κ3) is 5.33. The van der Waals surface area contributed by atoms with E-state index in [1.807, 2.05) is 6.92 Å². The van der Waals surface area contributed by atoms with Gasteiger partial charge in [-0.1, -0.05) is 31.2 Å². The molecule has 1 N–H and O–H groups in total. The van der Waals surface area contributed by atoms with Crippen molar-refractivity contribution in [3.8, 4) is 5.75 Å². The molecule has 0 fully saturated rings. The van der Waals surface area contributed by atoms with Crippen molar-refractivity contribution in [2.24, 2.45) is 0 Å². The molecule has 0 saturated carbocycles. The number of carbonyl (C=O) groups is 1. The Morgan fingerprint density at radius 2 is 1.83 bits per heavy atom. The highest BCUT2D eigenvalue weighted by molar-refractivity contribution is 5.81. The standard InChI is InChI=1S/C19H21F2NO2/c1-2-17(24-18-8-4-3-7-16(18)21)19(23)22-13-5-6-14-9-11-15(20)12-10-14/h3-4,7-12,17H,2,5-6,13H2,1H3,(H,22,23)/t17-/m0/s1. The average Bonchev–Trinajstić information content (AvgIpc) is 2.59. The van der Waals surface area contributed by atoms with Gasteiger partial charge in [0.1, 0.15) is 5.82 Å². The highest BCUT2D eigenvalue weighted by atomic mass is 19.1. The first-order chi connectivity index (χ1) is 11.6. The number of benzene rings is 2. The summed E-state index contributed by atoms with van der Waals surface area (Å²) in [5.74, 6) is -0.936. The van der Waals surface area contributed by atoms with Crippen molar-refractivity contribution in [2.45, 2.75) is 32.3 Å². The van der Waals surface area contributed by atoms with Crippen molar-refractivity contribution in [2.75, 3.05) is 6.54 Å². The molecule has 3 nitrogen and oxygen atoms in total. The average molecular weight is 333 g/mol. The molecule has 0 heterocycles. The van der Waals surface area contributed by atoms with Crippen molar-refractivity contribution in [3.63, 3.8) is 0 Å². The van der Waals surface area contributed by atoms with Gasteiger partial charge >= 0.3 is 0 Å². The number of carbonyl (C=O) groups excluding carboxylic acids is 1. The maximum atomic E-state index is 13.6. The Morgan fingerprint density at radius 3 is 2.50 bits per heavy atom. The summed E-state index contributed by atoms with van der Waals surface area (Å²) in [6, 6.07) is 12.3. The van der Waals surface area contributed by atoms with Gasteiger partial charge in [-0.3, -0.25) is 4.79 Å². The van der Waals surface area contributed by atoms with Crippen LogP contribution < -0.4 is 10.1 Å². The largest absolute Gasteiger partial charge is 0.478 e. The van der Waals surface area contributed by atoms with Crippen molar-refractivity contribution in [1.29, 1.82) is 0 Å². The Bertz CT molecular complexity index is 659. The van der Waals surface area contributed by atoms with Crippen LogP contribution >= 0.6 is 0 Å². The molecule has 1 amide bonds. The highest BCUT2D eigenvalue weighted by Gasteiger charge is 2.19. The number of ether oxygens (including phenoxy) is 1. The van der Waals surface area contributed by atoms with Gasteiger partial charge in [-0.05, 0) is 49.1 Å². The summed E-state index contributed by atoms with van der Waals surface area (Å²) in [6.45, 7) is 2.29. The summed E-state index contributed by atoms with van der Waals surface area (Å²) in [5.41, 5.74) is 1.01. The SMILES string of the molecule is CC[C@H](Oc1ccccc1F)C(=O)NCCCc1ccc(F)cc1. The van der Waals surface area contributed by atoms with Gasteiger partial charge in [-0.2, -0.15) is 0 Å². The Hall–Kier alpha value is -2.43. The van der Waals surface area contributed by atoms with Gasteiger partial charge in [0, 0.05) is 6.54 Å². The number of halogens is 2. The molecule has 0 saturated heterocycles. The van der Waals surface area contributed by atoms with Crippen LogP contribution in [0.3, 0.4) is 0 Å². The molecule has 0 aliphatic heterocycles. The van der Waals surface area contributed by atoms with Crippen LogP contribution in [0.25, 0.3) is 0 Å². The van der Waals surface area contributed by atoms with Gasteiger partial charge in [0.15, 0.2) is 17.7 Å². The Kier molecular flexibility index (Phi) is 6.73. The molecular weight excluding hydrogens is 312 g/mol. The zero-order chi connectivity index (χ0) is 17.4. The van der Waals surface area contributed by atoms with E-state index in [0.29, 0.717) is 13.0 Å². The Balaban J connectivity index is 1.77. The minimum absolute atomic E-state index is 0.0748. The monoisotopic (exact) mass is 333 g/mol. The minimum Gasteiger partial charge on any atom is -0.478 e. The van der Waals surface area contributed by atoms with Crippen LogP contribution in [0.4, 0.5) is 8.78 Å². The lowest BCUT2D eigenvalue weighted by Gasteiger charge is -2.17. The second kappa shape index (κ2) is 9.01. The Labute approximate surface area is 140 Å². The summed E-state index contributed by atoms with van der Waals surface area (Å²) in [4.78, 5) is 12.1. The van der Waals surface area contributed by atoms with Crippen molar-refractivity contribution < 1.29 is 18.3 Å². The first kappa shape index (κ1) is 17.9. The molecule has 0 spiro atoms. The van der Waals surface area contributed by atoms with Gasteiger partial charge in [0.25, 0.3) is 5.91 Å². The molecule has 0 radical (unpaired) electrons. The van der Waals surface area contributed by atoms with Crippen LogP contribution in [-0.2, 0) is 11.2 Å². The normalized spacial score (nSPS) is 11.8. The summed E-state index contributed by atoms with van der Waals surface area (Å²) in [6.07, 6.45) is 1.18. The predicted molar refractivity (Wildman–Crippen MR) is 88.8 cm³/mol. The second-order valence-corrected chi connectivity index (χ2v) is 5.47.